The van der Waals surface area contributed by atoms with E-state index in [0.717, 1.165) is 10.1 Å². The number of benzene rings is 1. The normalized spacial score (nSPS) is 10.8. The molecule has 2 N–H and O–H groups in total. The lowest BCUT2D eigenvalue weighted by Crippen LogP contribution is -2.32. The molecule has 1 aromatic carbocycles. The second kappa shape index (κ2) is 5.28. The first-order valence-electron chi connectivity index (χ1n) is 5.86. The van der Waals surface area contributed by atoms with E-state index in [9.17, 15) is 23.5 Å². The van der Waals surface area contributed by atoms with Crippen molar-refractivity contribution in [3.8, 4) is 5.88 Å². The monoisotopic (exact) mass is 282 g/mol. The lowest BCUT2D eigenvalue weighted by molar-refractivity contribution is 0.360. The van der Waals surface area contributed by atoms with Crippen molar-refractivity contribution in [1.29, 1.82) is 0 Å². The van der Waals surface area contributed by atoms with Crippen LogP contribution >= 0.6 is 0 Å². The van der Waals surface area contributed by atoms with Crippen LogP contribution in [0.3, 0.4) is 0 Å². The summed E-state index contributed by atoms with van der Waals surface area (Å²) in [7, 11) is 0. The maximum absolute atomic E-state index is 13.2. The maximum Gasteiger partial charge on any atom is 0.331 e. The molecule has 5 nitrogen and oxygen atoms in total. The largest absolute Gasteiger partial charge is 0.492 e. The van der Waals surface area contributed by atoms with Gasteiger partial charge in [0.15, 0.2) is 0 Å². The van der Waals surface area contributed by atoms with E-state index in [1.165, 1.54) is 12.1 Å². The van der Waals surface area contributed by atoms with Gasteiger partial charge in [-0.25, -0.2) is 9.18 Å². The second-order valence-corrected chi connectivity index (χ2v) is 4.37. The minimum atomic E-state index is -1.40. The molecule has 0 fully saturated rings. The Kier molecular flexibility index (Phi) is 3.69. The summed E-state index contributed by atoms with van der Waals surface area (Å²) in [5.41, 5.74) is -0.720. The number of aromatic amines is 1. The standard InChI is InChI=1S/C13H12F2N2O3/c1-7-6-9(14)3-2-8(7)4-5-17-12(19)10(15)11(18)16-13(17)20/h2-3,6,19H,4-5H2,1H3,(H,16,18,20). The number of halogens is 2. The first-order chi connectivity index (χ1) is 9.40. The summed E-state index contributed by atoms with van der Waals surface area (Å²) in [5, 5.41) is 9.46. The van der Waals surface area contributed by atoms with Crippen LogP contribution in [-0.2, 0) is 13.0 Å². The number of nitrogens with zero attached hydrogens (tertiary/aromatic N) is 1. The minimum absolute atomic E-state index is 0.0369. The molecule has 0 radical (unpaired) electrons. The molecule has 106 valence electrons. The van der Waals surface area contributed by atoms with E-state index in [2.05, 4.69) is 0 Å². The summed E-state index contributed by atoms with van der Waals surface area (Å²) in [4.78, 5) is 24.2. The average Bonchev–Trinajstić information content (AvgIpc) is 2.38. The number of H-pyrrole nitrogens is 1. The van der Waals surface area contributed by atoms with Crippen molar-refractivity contribution in [2.45, 2.75) is 19.9 Å². The van der Waals surface area contributed by atoms with Crippen LogP contribution in [0.4, 0.5) is 8.78 Å². The number of rotatable bonds is 3. The van der Waals surface area contributed by atoms with Crippen LogP contribution in [0, 0.1) is 18.6 Å². The van der Waals surface area contributed by atoms with Gasteiger partial charge < -0.3 is 5.11 Å². The molecule has 0 aliphatic rings. The van der Waals surface area contributed by atoms with E-state index >= 15 is 0 Å². The molecule has 1 heterocycles. The Labute approximate surface area is 112 Å². The van der Waals surface area contributed by atoms with E-state index < -0.39 is 22.9 Å². The van der Waals surface area contributed by atoms with Gasteiger partial charge in [-0.05, 0) is 36.6 Å². The number of aromatic hydroxyl groups is 1. The van der Waals surface area contributed by atoms with Gasteiger partial charge in [-0.1, -0.05) is 6.07 Å². The highest BCUT2D eigenvalue weighted by Crippen LogP contribution is 2.13. The minimum Gasteiger partial charge on any atom is -0.492 e. The molecular formula is C13H12F2N2O3. The summed E-state index contributed by atoms with van der Waals surface area (Å²) in [6.07, 6.45) is 0.283. The van der Waals surface area contributed by atoms with Crippen molar-refractivity contribution in [3.05, 3.63) is 61.8 Å². The molecule has 0 bridgehead atoms. The summed E-state index contributed by atoms with van der Waals surface area (Å²) in [6, 6.07) is 4.17. The van der Waals surface area contributed by atoms with Crippen LogP contribution in [0.5, 0.6) is 5.88 Å². The topological polar surface area (TPSA) is 75.1 Å². The molecule has 0 atom stereocenters. The van der Waals surface area contributed by atoms with Crippen LogP contribution in [0.15, 0.2) is 27.8 Å². The third kappa shape index (κ3) is 2.61. The first-order valence-corrected chi connectivity index (χ1v) is 5.86. The molecule has 2 rings (SSSR count). The average molecular weight is 282 g/mol. The van der Waals surface area contributed by atoms with Crippen LogP contribution in [0.25, 0.3) is 0 Å². The lowest BCUT2D eigenvalue weighted by Gasteiger charge is -2.09. The number of aryl methyl sites for hydroxylation is 2. The fourth-order valence-corrected chi connectivity index (χ4v) is 1.92. The van der Waals surface area contributed by atoms with Gasteiger partial charge in [0.25, 0.3) is 5.56 Å². The fraction of sp³-hybridized carbons (Fsp3) is 0.231. The smallest absolute Gasteiger partial charge is 0.331 e. The van der Waals surface area contributed by atoms with E-state index in [-0.39, 0.29) is 18.8 Å². The molecule has 7 heteroatoms. The van der Waals surface area contributed by atoms with Gasteiger partial charge >= 0.3 is 5.69 Å². The van der Waals surface area contributed by atoms with Gasteiger partial charge in [0.05, 0.1) is 0 Å². The molecule has 2 aromatic rings. The Morgan fingerprint density at radius 1 is 1.30 bits per heavy atom. The van der Waals surface area contributed by atoms with Crippen LogP contribution in [0.2, 0.25) is 0 Å². The number of aromatic nitrogens is 2. The molecule has 0 saturated heterocycles. The third-order valence-corrected chi connectivity index (χ3v) is 3.03. The van der Waals surface area contributed by atoms with E-state index in [1.54, 1.807) is 18.0 Å². The fourth-order valence-electron chi connectivity index (χ4n) is 1.92. The lowest BCUT2D eigenvalue weighted by atomic mass is 10.1. The molecule has 20 heavy (non-hydrogen) atoms. The Hall–Kier alpha value is -2.44. The van der Waals surface area contributed by atoms with Crippen molar-refractivity contribution in [1.82, 2.24) is 9.55 Å². The molecule has 0 saturated carbocycles. The predicted octanol–water partition coefficient (Wildman–Crippen LogP) is 1.07. The molecule has 0 spiro atoms. The third-order valence-electron chi connectivity index (χ3n) is 3.03. The van der Waals surface area contributed by atoms with Crippen LogP contribution in [0.1, 0.15) is 11.1 Å². The maximum atomic E-state index is 13.2. The predicted molar refractivity (Wildman–Crippen MR) is 67.8 cm³/mol. The van der Waals surface area contributed by atoms with Crippen molar-refractivity contribution in [2.75, 3.05) is 0 Å². The van der Waals surface area contributed by atoms with Gasteiger partial charge in [0.2, 0.25) is 11.7 Å². The first kappa shape index (κ1) is 14.0. The SMILES string of the molecule is Cc1cc(F)ccc1CCn1c(O)c(F)c(=O)[nH]c1=O. The van der Waals surface area contributed by atoms with Gasteiger partial charge in [-0.15, -0.1) is 0 Å². The van der Waals surface area contributed by atoms with E-state index in [4.69, 9.17) is 0 Å². The summed E-state index contributed by atoms with van der Waals surface area (Å²) in [5.74, 6) is -2.78. The van der Waals surface area contributed by atoms with Crippen molar-refractivity contribution >= 4 is 0 Å². The summed E-state index contributed by atoms with van der Waals surface area (Å²) in [6.45, 7) is 1.67. The quantitative estimate of drug-likeness (QED) is 0.884. The number of hydrogen-bond acceptors (Lipinski definition) is 3. The Balaban J connectivity index is 2.30. The highest BCUT2D eigenvalue weighted by Gasteiger charge is 2.13. The molecule has 0 aliphatic heterocycles. The zero-order valence-electron chi connectivity index (χ0n) is 10.6. The summed E-state index contributed by atoms with van der Waals surface area (Å²) < 4.78 is 26.9. The molecular weight excluding hydrogens is 270 g/mol. The zero-order chi connectivity index (χ0) is 14.9. The highest BCUT2D eigenvalue weighted by atomic mass is 19.1. The van der Waals surface area contributed by atoms with Crippen molar-refractivity contribution in [3.63, 3.8) is 0 Å². The number of hydrogen-bond donors (Lipinski definition) is 2. The molecule has 0 amide bonds. The Morgan fingerprint density at radius 3 is 2.65 bits per heavy atom. The van der Waals surface area contributed by atoms with Crippen molar-refractivity contribution < 1.29 is 13.9 Å². The van der Waals surface area contributed by atoms with Crippen molar-refractivity contribution in [2.24, 2.45) is 0 Å². The van der Waals surface area contributed by atoms with Gasteiger partial charge in [-0.3, -0.25) is 14.3 Å². The number of nitrogens with one attached hydrogen (secondary N) is 1. The molecule has 0 aliphatic carbocycles. The Morgan fingerprint density at radius 2 is 2.00 bits per heavy atom. The van der Waals surface area contributed by atoms with Crippen LogP contribution in [-0.4, -0.2) is 14.7 Å². The van der Waals surface area contributed by atoms with Gasteiger partial charge in [0.1, 0.15) is 5.82 Å². The van der Waals surface area contributed by atoms with E-state index in [1.807, 2.05) is 0 Å². The zero-order valence-corrected chi connectivity index (χ0v) is 10.6. The van der Waals surface area contributed by atoms with Crippen LogP contribution < -0.4 is 11.2 Å². The summed E-state index contributed by atoms with van der Waals surface area (Å²) >= 11 is 0. The van der Waals surface area contributed by atoms with Gasteiger partial charge in [0, 0.05) is 6.54 Å². The highest BCUT2D eigenvalue weighted by molar-refractivity contribution is 5.26. The molecule has 1 aromatic heterocycles. The second-order valence-electron chi connectivity index (χ2n) is 4.37. The Bertz CT molecular complexity index is 765. The van der Waals surface area contributed by atoms with Gasteiger partial charge in [-0.2, -0.15) is 4.39 Å². The molecule has 0 unspecified atom stereocenters. The van der Waals surface area contributed by atoms with E-state index in [0.29, 0.717) is 5.56 Å².